The summed E-state index contributed by atoms with van der Waals surface area (Å²) in [4.78, 5) is 20.5. The van der Waals surface area contributed by atoms with Crippen LogP contribution in [-0.4, -0.2) is 22.4 Å². The van der Waals surface area contributed by atoms with E-state index in [-0.39, 0.29) is 11.7 Å². The molecule has 0 saturated carbocycles. The fraction of sp³-hybridized carbons (Fsp3) is 0.312. The summed E-state index contributed by atoms with van der Waals surface area (Å²) in [6.07, 6.45) is 3.45. The van der Waals surface area contributed by atoms with Gasteiger partial charge in [0.1, 0.15) is 5.82 Å². The lowest BCUT2D eigenvalue weighted by molar-refractivity contribution is 0.0953. The molecule has 0 bridgehead atoms. The number of aromatic nitrogens is 2. The van der Waals surface area contributed by atoms with E-state index in [4.69, 9.17) is 5.73 Å². The van der Waals surface area contributed by atoms with Crippen LogP contribution in [0, 0.1) is 6.92 Å². The van der Waals surface area contributed by atoms with Crippen LogP contribution in [0.25, 0.3) is 11.4 Å². The SMILES string of the molecule is CCCCNC(=O)c1cnc(-c2cccc(C)c2)nc1N. The number of benzene rings is 1. The molecule has 0 aliphatic rings. The fourth-order valence-electron chi connectivity index (χ4n) is 1.97. The summed E-state index contributed by atoms with van der Waals surface area (Å²) < 4.78 is 0. The van der Waals surface area contributed by atoms with Gasteiger partial charge in [-0.25, -0.2) is 9.97 Å². The Morgan fingerprint density at radius 1 is 1.38 bits per heavy atom. The molecule has 0 aliphatic carbocycles. The van der Waals surface area contributed by atoms with Crippen molar-refractivity contribution in [1.82, 2.24) is 15.3 Å². The number of unbranched alkanes of at least 4 members (excludes halogenated alkanes) is 1. The summed E-state index contributed by atoms with van der Waals surface area (Å²) in [6.45, 7) is 4.71. The lowest BCUT2D eigenvalue weighted by atomic mass is 10.1. The molecular weight excluding hydrogens is 264 g/mol. The van der Waals surface area contributed by atoms with Crippen molar-refractivity contribution in [3.8, 4) is 11.4 Å². The molecule has 0 radical (unpaired) electrons. The maximum atomic E-state index is 12.0. The molecule has 1 amide bonds. The van der Waals surface area contributed by atoms with E-state index in [1.165, 1.54) is 6.20 Å². The van der Waals surface area contributed by atoms with Gasteiger partial charge >= 0.3 is 0 Å². The number of nitrogen functional groups attached to an aromatic ring is 1. The van der Waals surface area contributed by atoms with Crippen LogP contribution < -0.4 is 11.1 Å². The number of carbonyl (C=O) groups excluding carboxylic acids is 1. The number of nitrogens with one attached hydrogen (secondary N) is 1. The molecule has 0 atom stereocenters. The first kappa shape index (κ1) is 15.0. The van der Waals surface area contributed by atoms with Crippen LogP contribution in [0.5, 0.6) is 0 Å². The average molecular weight is 284 g/mol. The van der Waals surface area contributed by atoms with Gasteiger partial charge in [-0.2, -0.15) is 0 Å². The molecule has 1 aromatic carbocycles. The second-order valence-electron chi connectivity index (χ2n) is 4.97. The average Bonchev–Trinajstić information content (AvgIpc) is 2.47. The number of hydrogen-bond acceptors (Lipinski definition) is 4. The minimum absolute atomic E-state index is 0.204. The van der Waals surface area contributed by atoms with Crippen molar-refractivity contribution in [3.63, 3.8) is 0 Å². The first-order valence-electron chi connectivity index (χ1n) is 7.09. The Morgan fingerprint density at radius 3 is 2.86 bits per heavy atom. The number of carbonyl (C=O) groups is 1. The second-order valence-corrected chi connectivity index (χ2v) is 4.97. The van der Waals surface area contributed by atoms with Gasteiger partial charge in [0.25, 0.3) is 5.91 Å². The number of anilines is 1. The summed E-state index contributed by atoms with van der Waals surface area (Å²) in [5, 5.41) is 2.81. The van der Waals surface area contributed by atoms with E-state index < -0.39 is 0 Å². The van der Waals surface area contributed by atoms with Crippen LogP contribution >= 0.6 is 0 Å². The smallest absolute Gasteiger partial charge is 0.256 e. The van der Waals surface area contributed by atoms with E-state index in [9.17, 15) is 4.79 Å². The Labute approximate surface area is 124 Å². The minimum Gasteiger partial charge on any atom is -0.383 e. The zero-order valence-electron chi connectivity index (χ0n) is 12.4. The highest BCUT2D eigenvalue weighted by Crippen LogP contribution is 2.18. The maximum absolute atomic E-state index is 12.0. The molecular formula is C16H20N4O. The summed E-state index contributed by atoms with van der Waals surface area (Å²) >= 11 is 0. The summed E-state index contributed by atoms with van der Waals surface area (Å²) in [5.74, 6) is 0.508. The van der Waals surface area contributed by atoms with Gasteiger partial charge < -0.3 is 11.1 Å². The zero-order valence-corrected chi connectivity index (χ0v) is 12.4. The Bertz CT molecular complexity index is 640. The quantitative estimate of drug-likeness (QED) is 0.827. The van der Waals surface area contributed by atoms with E-state index in [1.807, 2.05) is 31.2 Å². The van der Waals surface area contributed by atoms with Gasteiger partial charge in [-0.15, -0.1) is 0 Å². The van der Waals surface area contributed by atoms with Gasteiger partial charge in [-0.05, 0) is 19.4 Å². The highest BCUT2D eigenvalue weighted by Gasteiger charge is 2.12. The molecule has 5 nitrogen and oxygen atoms in total. The number of aryl methyl sites for hydroxylation is 1. The summed E-state index contributed by atoms with van der Waals surface area (Å²) in [6, 6.07) is 7.84. The van der Waals surface area contributed by atoms with Gasteiger partial charge in [0.15, 0.2) is 5.82 Å². The number of nitrogens with zero attached hydrogens (tertiary/aromatic N) is 2. The number of rotatable bonds is 5. The third kappa shape index (κ3) is 3.78. The van der Waals surface area contributed by atoms with Crippen molar-refractivity contribution in [1.29, 1.82) is 0 Å². The van der Waals surface area contributed by atoms with E-state index in [1.54, 1.807) is 0 Å². The van der Waals surface area contributed by atoms with E-state index in [2.05, 4.69) is 22.2 Å². The van der Waals surface area contributed by atoms with Crippen molar-refractivity contribution in [3.05, 3.63) is 41.6 Å². The predicted molar refractivity (Wildman–Crippen MR) is 83.9 cm³/mol. The molecule has 5 heteroatoms. The second kappa shape index (κ2) is 6.83. The third-order valence-corrected chi connectivity index (χ3v) is 3.16. The van der Waals surface area contributed by atoms with Crippen LogP contribution in [0.4, 0.5) is 5.82 Å². The van der Waals surface area contributed by atoms with Crippen LogP contribution in [0.15, 0.2) is 30.5 Å². The summed E-state index contributed by atoms with van der Waals surface area (Å²) in [5.41, 5.74) is 8.22. The maximum Gasteiger partial charge on any atom is 0.256 e. The van der Waals surface area contributed by atoms with Gasteiger partial charge in [-0.1, -0.05) is 37.1 Å². The molecule has 0 fully saturated rings. The lowest BCUT2D eigenvalue weighted by Crippen LogP contribution is -2.25. The third-order valence-electron chi connectivity index (χ3n) is 3.16. The zero-order chi connectivity index (χ0) is 15.2. The highest BCUT2D eigenvalue weighted by molar-refractivity contribution is 5.98. The predicted octanol–water partition coefficient (Wildman–Crippen LogP) is 2.56. The van der Waals surface area contributed by atoms with E-state index >= 15 is 0 Å². The number of hydrogen-bond donors (Lipinski definition) is 2. The number of amides is 1. The molecule has 0 saturated heterocycles. The number of nitrogens with two attached hydrogens (primary N) is 1. The van der Waals surface area contributed by atoms with Crippen LogP contribution in [0.2, 0.25) is 0 Å². The standard InChI is InChI=1S/C16H20N4O/c1-3-4-8-18-16(21)13-10-19-15(20-14(13)17)12-7-5-6-11(2)9-12/h5-7,9-10H,3-4,8H2,1-2H3,(H,18,21)(H2,17,19,20). The van der Waals surface area contributed by atoms with Crippen molar-refractivity contribution < 1.29 is 4.79 Å². The van der Waals surface area contributed by atoms with Gasteiger partial charge in [-0.3, -0.25) is 4.79 Å². The first-order valence-corrected chi connectivity index (χ1v) is 7.09. The molecule has 110 valence electrons. The van der Waals surface area contributed by atoms with Crippen LogP contribution in [0.1, 0.15) is 35.7 Å². The Hall–Kier alpha value is -2.43. The molecule has 1 aromatic heterocycles. The van der Waals surface area contributed by atoms with Gasteiger partial charge in [0.2, 0.25) is 0 Å². The molecule has 0 aliphatic heterocycles. The first-order chi connectivity index (χ1) is 10.1. The van der Waals surface area contributed by atoms with Gasteiger partial charge in [0.05, 0.1) is 5.56 Å². The van der Waals surface area contributed by atoms with Crippen molar-refractivity contribution in [2.75, 3.05) is 12.3 Å². The van der Waals surface area contributed by atoms with Crippen molar-refractivity contribution in [2.24, 2.45) is 0 Å². The molecule has 0 spiro atoms. The van der Waals surface area contributed by atoms with Crippen molar-refractivity contribution in [2.45, 2.75) is 26.7 Å². The molecule has 2 rings (SSSR count). The fourth-order valence-corrected chi connectivity index (χ4v) is 1.97. The van der Waals surface area contributed by atoms with Gasteiger partial charge in [0, 0.05) is 18.3 Å². The monoisotopic (exact) mass is 284 g/mol. The lowest BCUT2D eigenvalue weighted by Gasteiger charge is -2.08. The largest absolute Gasteiger partial charge is 0.383 e. The minimum atomic E-state index is -0.225. The Morgan fingerprint density at radius 2 is 2.19 bits per heavy atom. The normalized spacial score (nSPS) is 10.4. The molecule has 0 unspecified atom stereocenters. The molecule has 2 aromatic rings. The van der Waals surface area contributed by atoms with Crippen molar-refractivity contribution >= 4 is 11.7 Å². The van der Waals surface area contributed by atoms with Crippen LogP contribution in [0.3, 0.4) is 0 Å². The van der Waals surface area contributed by atoms with E-state index in [0.29, 0.717) is 17.9 Å². The Balaban J connectivity index is 2.19. The molecule has 1 heterocycles. The Kier molecular flexibility index (Phi) is 4.87. The summed E-state index contributed by atoms with van der Waals surface area (Å²) in [7, 11) is 0. The topological polar surface area (TPSA) is 80.9 Å². The highest BCUT2D eigenvalue weighted by atomic mass is 16.1. The molecule has 3 N–H and O–H groups in total. The van der Waals surface area contributed by atoms with E-state index in [0.717, 1.165) is 24.0 Å². The van der Waals surface area contributed by atoms with Crippen LogP contribution in [-0.2, 0) is 0 Å². The molecule has 21 heavy (non-hydrogen) atoms.